The maximum absolute atomic E-state index is 12.6. The summed E-state index contributed by atoms with van der Waals surface area (Å²) in [4.78, 5) is 27.2. The van der Waals surface area contributed by atoms with Crippen LogP contribution in [0.3, 0.4) is 0 Å². The zero-order valence-corrected chi connectivity index (χ0v) is 17.2. The highest BCUT2D eigenvalue weighted by molar-refractivity contribution is 5.93. The summed E-state index contributed by atoms with van der Waals surface area (Å²) in [5, 5.41) is 6.10. The van der Waals surface area contributed by atoms with Crippen LogP contribution in [0, 0.1) is 11.8 Å². The van der Waals surface area contributed by atoms with Crippen molar-refractivity contribution < 1.29 is 9.59 Å². The molecule has 2 aliphatic rings. The number of rotatable bonds is 7. The molecule has 1 aromatic carbocycles. The number of nitrogens with zero attached hydrogens (tertiary/aromatic N) is 1. The van der Waals surface area contributed by atoms with Gasteiger partial charge in [0.25, 0.3) is 0 Å². The highest BCUT2D eigenvalue weighted by Crippen LogP contribution is 2.30. The molecule has 1 aliphatic carbocycles. The van der Waals surface area contributed by atoms with Gasteiger partial charge >= 0.3 is 0 Å². The van der Waals surface area contributed by atoms with Gasteiger partial charge in [-0.1, -0.05) is 13.3 Å². The fraction of sp³-hybridized carbons (Fsp3) is 0.652. The molecule has 1 saturated heterocycles. The smallest absolute Gasteiger partial charge is 0.227 e. The lowest BCUT2D eigenvalue weighted by Gasteiger charge is -2.29. The minimum Gasteiger partial charge on any atom is -0.372 e. The Kier molecular flexibility index (Phi) is 7.75. The third-order valence-corrected chi connectivity index (χ3v) is 6.15. The second-order valence-electron chi connectivity index (χ2n) is 8.28. The quantitative estimate of drug-likeness (QED) is 0.687. The van der Waals surface area contributed by atoms with Crippen molar-refractivity contribution in [2.75, 3.05) is 29.9 Å². The first-order valence-electron chi connectivity index (χ1n) is 11.1. The highest BCUT2D eigenvalue weighted by Gasteiger charge is 2.29. The molecule has 28 heavy (non-hydrogen) atoms. The molecule has 1 heterocycles. The van der Waals surface area contributed by atoms with Gasteiger partial charge in [-0.2, -0.15) is 0 Å². The van der Waals surface area contributed by atoms with Crippen molar-refractivity contribution in [3.8, 4) is 0 Å². The van der Waals surface area contributed by atoms with E-state index in [-0.39, 0.29) is 23.7 Å². The van der Waals surface area contributed by atoms with Gasteiger partial charge in [-0.05, 0) is 75.6 Å². The van der Waals surface area contributed by atoms with Gasteiger partial charge in [0.1, 0.15) is 0 Å². The van der Waals surface area contributed by atoms with E-state index in [0.717, 1.165) is 63.8 Å². The summed E-state index contributed by atoms with van der Waals surface area (Å²) in [7, 11) is 0. The Labute approximate surface area is 169 Å². The fourth-order valence-electron chi connectivity index (χ4n) is 4.30. The van der Waals surface area contributed by atoms with Gasteiger partial charge in [-0.25, -0.2) is 0 Å². The third kappa shape index (κ3) is 5.73. The first-order chi connectivity index (χ1) is 13.7. The van der Waals surface area contributed by atoms with E-state index < -0.39 is 0 Å². The molecule has 0 bridgehead atoms. The molecule has 5 heteroatoms. The average Bonchev–Trinajstić information content (AvgIpc) is 2.75. The second kappa shape index (κ2) is 10.5. The van der Waals surface area contributed by atoms with Gasteiger partial charge in [-0.3, -0.25) is 9.59 Å². The normalized spacial score (nSPS) is 22.5. The van der Waals surface area contributed by atoms with Crippen LogP contribution in [-0.4, -0.2) is 31.4 Å². The zero-order valence-electron chi connectivity index (χ0n) is 17.2. The van der Waals surface area contributed by atoms with Crippen LogP contribution in [0.1, 0.15) is 64.7 Å². The van der Waals surface area contributed by atoms with E-state index >= 15 is 0 Å². The van der Waals surface area contributed by atoms with Crippen molar-refractivity contribution in [3.63, 3.8) is 0 Å². The zero-order chi connectivity index (χ0) is 19.8. The molecule has 1 aromatic rings. The monoisotopic (exact) mass is 385 g/mol. The molecule has 154 valence electrons. The number of nitrogens with one attached hydrogen (secondary N) is 2. The van der Waals surface area contributed by atoms with Crippen LogP contribution in [-0.2, 0) is 9.59 Å². The van der Waals surface area contributed by atoms with Crippen molar-refractivity contribution in [2.45, 2.75) is 64.7 Å². The van der Waals surface area contributed by atoms with Crippen molar-refractivity contribution in [1.29, 1.82) is 0 Å². The molecule has 1 saturated carbocycles. The van der Waals surface area contributed by atoms with Gasteiger partial charge in [-0.15, -0.1) is 0 Å². The number of hydrogen-bond donors (Lipinski definition) is 2. The van der Waals surface area contributed by atoms with E-state index in [0.29, 0.717) is 0 Å². The molecular formula is C23H35N3O2. The maximum atomic E-state index is 12.6. The van der Waals surface area contributed by atoms with E-state index in [4.69, 9.17) is 0 Å². The minimum atomic E-state index is 0.0152. The standard InChI is InChI=1S/C23H35N3O2/c1-2-3-15-24-22(27)18-7-9-19(10-8-18)23(28)25-20-11-13-21(14-12-20)26-16-5-4-6-17-26/h11-14,18-19H,2-10,15-17H2,1H3,(H,24,27)(H,25,28). The van der Waals surface area contributed by atoms with Crippen LogP contribution in [0.25, 0.3) is 0 Å². The molecule has 0 unspecified atom stereocenters. The molecule has 2 fully saturated rings. The van der Waals surface area contributed by atoms with Crippen molar-refractivity contribution in [1.82, 2.24) is 5.32 Å². The Morgan fingerprint density at radius 1 is 0.929 bits per heavy atom. The lowest BCUT2D eigenvalue weighted by Crippen LogP contribution is -2.35. The summed E-state index contributed by atoms with van der Waals surface area (Å²) in [6.45, 7) is 5.14. The Bertz CT molecular complexity index is 630. The summed E-state index contributed by atoms with van der Waals surface area (Å²) in [5.74, 6) is 0.349. The van der Waals surface area contributed by atoms with E-state index in [9.17, 15) is 9.59 Å². The number of amides is 2. The third-order valence-electron chi connectivity index (χ3n) is 6.15. The second-order valence-corrected chi connectivity index (χ2v) is 8.28. The number of hydrogen-bond acceptors (Lipinski definition) is 3. The van der Waals surface area contributed by atoms with Crippen molar-refractivity contribution >= 4 is 23.2 Å². The van der Waals surface area contributed by atoms with Crippen LogP contribution in [0.2, 0.25) is 0 Å². The van der Waals surface area contributed by atoms with E-state index in [1.54, 1.807) is 0 Å². The fourth-order valence-corrected chi connectivity index (χ4v) is 4.30. The van der Waals surface area contributed by atoms with Crippen molar-refractivity contribution in [3.05, 3.63) is 24.3 Å². The number of carbonyl (C=O) groups is 2. The number of piperidine rings is 1. The summed E-state index contributed by atoms with van der Waals surface area (Å²) < 4.78 is 0. The summed E-state index contributed by atoms with van der Waals surface area (Å²) in [6, 6.07) is 8.24. The van der Waals surface area contributed by atoms with Gasteiger partial charge < -0.3 is 15.5 Å². The summed E-state index contributed by atoms with van der Waals surface area (Å²) in [6.07, 6.45) is 9.18. The number of anilines is 2. The lowest BCUT2D eigenvalue weighted by atomic mass is 9.81. The molecule has 1 aliphatic heterocycles. The molecule has 5 nitrogen and oxygen atoms in total. The number of unbranched alkanes of at least 4 members (excludes halogenated alkanes) is 1. The highest BCUT2D eigenvalue weighted by atomic mass is 16.2. The maximum Gasteiger partial charge on any atom is 0.227 e. The Morgan fingerprint density at radius 3 is 2.14 bits per heavy atom. The minimum absolute atomic E-state index is 0.0152. The van der Waals surface area contributed by atoms with Crippen LogP contribution in [0.5, 0.6) is 0 Å². The van der Waals surface area contributed by atoms with Gasteiger partial charge in [0, 0.05) is 42.8 Å². The number of benzene rings is 1. The SMILES string of the molecule is CCCCNC(=O)C1CCC(C(=O)Nc2ccc(N3CCCCC3)cc2)CC1. The van der Waals surface area contributed by atoms with E-state index in [1.165, 1.54) is 24.9 Å². The Morgan fingerprint density at radius 2 is 1.54 bits per heavy atom. The summed E-state index contributed by atoms with van der Waals surface area (Å²) >= 11 is 0. The van der Waals surface area contributed by atoms with Gasteiger partial charge in [0.15, 0.2) is 0 Å². The molecule has 0 spiro atoms. The average molecular weight is 386 g/mol. The van der Waals surface area contributed by atoms with E-state index in [2.05, 4.69) is 34.6 Å². The molecular weight excluding hydrogens is 350 g/mol. The molecule has 0 radical (unpaired) electrons. The largest absolute Gasteiger partial charge is 0.372 e. The van der Waals surface area contributed by atoms with Gasteiger partial charge in [0.05, 0.1) is 0 Å². The first kappa shape index (κ1) is 20.7. The van der Waals surface area contributed by atoms with Crippen molar-refractivity contribution in [2.24, 2.45) is 11.8 Å². The molecule has 3 rings (SSSR count). The van der Waals surface area contributed by atoms with Crippen LogP contribution in [0.4, 0.5) is 11.4 Å². The topological polar surface area (TPSA) is 61.4 Å². The predicted molar refractivity (Wildman–Crippen MR) is 115 cm³/mol. The lowest BCUT2D eigenvalue weighted by molar-refractivity contribution is -0.128. The Hall–Kier alpha value is -2.04. The Balaban J connectivity index is 1.43. The van der Waals surface area contributed by atoms with Crippen LogP contribution in [0.15, 0.2) is 24.3 Å². The molecule has 2 amide bonds. The van der Waals surface area contributed by atoms with E-state index in [1.807, 2.05) is 12.1 Å². The van der Waals surface area contributed by atoms with Gasteiger partial charge in [0.2, 0.25) is 11.8 Å². The van der Waals surface area contributed by atoms with Crippen LogP contribution >= 0.6 is 0 Å². The first-order valence-corrected chi connectivity index (χ1v) is 11.1. The summed E-state index contributed by atoms with van der Waals surface area (Å²) in [5.41, 5.74) is 2.11. The van der Waals surface area contributed by atoms with Crippen LogP contribution < -0.4 is 15.5 Å². The number of carbonyl (C=O) groups excluding carboxylic acids is 2. The molecule has 0 atom stereocenters. The predicted octanol–water partition coefficient (Wildman–Crippen LogP) is 4.34. The molecule has 0 aromatic heterocycles. The molecule has 2 N–H and O–H groups in total.